The first-order valence-electron chi connectivity index (χ1n) is 4.29. The van der Waals surface area contributed by atoms with Gasteiger partial charge >= 0.3 is 0 Å². The summed E-state index contributed by atoms with van der Waals surface area (Å²) in [6.07, 6.45) is 3.42. The zero-order valence-corrected chi connectivity index (χ0v) is 7.08. The molecule has 1 saturated carbocycles. The lowest BCUT2D eigenvalue weighted by molar-refractivity contribution is -0.307. The van der Waals surface area contributed by atoms with Crippen molar-refractivity contribution in [3.8, 4) is 0 Å². The summed E-state index contributed by atoms with van der Waals surface area (Å²) in [4.78, 5) is 10.4. The molecule has 2 unspecified atom stereocenters. The van der Waals surface area contributed by atoms with Crippen LogP contribution in [0.5, 0.6) is 0 Å². The fourth-order valence-electron chi connectivity index (χ4n) is 1.78. The van der Waals surface area contributed by atoms with Crippen LogP contribution in [-0.2, 0) is 4.79 Å². The number of aliphatic carboxylic acids is 1. The highest BCUT2D eigenvalue weighted by molar-refractivity contribution is 5.66. The Balaban J connectivity index is 2.59. The topological polar surface area (TPSA) is 92.2 Å². The van der Waals surface area contributed by atoms with E-state index >= 15 is 0 Å². The van der Waals surface area contributed by atoms with E-state index in [9.17, 15) is 9.90 Å². The highest BCUT2D eigenvalue weighted by atomic mass is 16.4. The molecule has 4 heteroatoms. The smallest absolute Gasteiger partial charge is 0.0433 e. The summed E-state index contributed by atoms with van der Waals surface area (Å²) in [5.74, 6) is -1.10. The predicted molar refractivity (Wildman–Crippen MR) is 43.0 cm³/mol. The number of carbonyl (C=O) groups is 1. The van der Waals surface area contributed by atoms with E-state index in [0.29, 0.717) is 6.42 Å². The van der Waals surface area contributed by atoms with Crippen LogP contribution in [0.3, 0.4) is 0 Å². The Kier molecular flexibility index (Phi) is 2.69. The molecule has 1 rings (SSSR count). The van der Waals surface area contributed by atoms with Gasteiger partial charge in [-0.15, -0.1) is 0 Å². The van der Waals surface area contributed by atoms with E-state index in [1.165, 1.54) is 0 Å². The third kappa shape index (κ3) is 1.95. The van der Waals surface area contributed by atoms with Crippen molar-refractivity contribution in [3.05, 3.63) is 0 Å². The second-order valence-electron chi connectivity index (χ2n) is 3.63. The van der Waals surface area contributed by atoms with Crippen LogP contribution in [0.2, 0.25) is 0 Å². The molecule has 0 aromatic heterocycles. The van der Waals surface area contributed by atoms with Crippen LogP contribution in [0.15, 0.2) is 0 Å². The maximum atomic E-state index is 10.4. The van der Waals surface area contributed by atoms with E-state index in [1.807, 2.05) is 0 Å². The normalized spacial score (nSPS) is 36.3. The van der Waals surface area contributed by atoms with Gasteiger partial charge in [-0.25, -0.2) is 0 Å². The summed E-state index contributed by atoms with van der Waals surface area (Å²) in [6.45, 7) is 0. The minimum Gasteiger partial charge on any atom is -0.550 e. The molecule has 2 atom stereocenters. The lowest BCUT2D eigenvalue weighted by atomic mass is 9.76. The van der Waals surface area contributed by atoms with Gasteiger partial charge in [-0.2, -0.15) is 0 Å². The molecule has 4 N–H and O–H groups in total. The molecule has 12 heavy (non-hydrogen) atoms. The van der Waals surface area contributed by atoms with E-state index in [-0.39, 0.29) is 12.5 Å². The molecule has 0 aromatic rings. The van der Waals surface area contributed by atoms with Crippen molar-refractivity contribution >= 4 is 5.97 Å². The Bertz CT molecular complexity index is 184. The van der Waals surface area contributed by atoms with Crippen molar-refractivity contribution in [2.24, 2.45) is 11.5 Å². The van der Waals surface area contributed by atoms with E-state index in [0.717, 1.165) is 19.3 Å². The van der Waals surface area contributed by atoms with Gasteiger partial charge in [0.1, 0.15) is 0 Å². The molecule has 1 fully saturated rings. The molecule has 0 aromatic carbocycles. The van der Waals surface area contributed by atoms with Gasteiger partial charge < -0.3 is 21.4 Å². The SMILES string of the molecule is NC1CCCCC1(N)CC(=O)[O-]. The molecule has 70 valence electrons. The van der Waals surface area contributed by atoms with E-state index in [2.05, 4.69) is 0 Å². The van der Waals surface area contributed by atoms with Crippen LogP contribution in [-0.4, -0.2) is 17.6 Å². The summed E-state index contributed by atoms with van der Waals surface area (Å²) in [7, 11) is 0. The van der Waals surface area contributed by atoms with Gasteiger partial charge in [0.05, 0.1) is 0 Å². The molecule has 0 radical (unpaired) electrons. The van der Waals surface area contributed by atoms with E-state index < -0.39 is 11.5 Å². The number of carboxylic acid groups (broad SMARTS) is 1. The molecule has 0 heterocycles. The first-order valence-corrected chi connectivity index (χ1v) is 4.29. The molecule has 0 saturated heterocycles. The van der Waals surface area contributed by atoms with Crippen LogP contribution in [0, 0.1) is 0 Å². The van der Waals surface area contributed by atoms with Crippen molar-refractivity contribution < 1.29 is 9.90 Å². The monoisotopic (exact) mass is 171 g/mol. The fraction of sp³-hybridized carbons (Fsp3) is 0.875. The van der Waals surface area contributed by atoms with Crippen LogP contribution in [0.4, 0.5) is 0 Å². The van der Waals surface area contributed by atoms with Crippen molar-refractivity contribution in [1.29, 1.82) is 0 Å². The Morgan fingerprint density at radius 3 is 2.75 bits per heavy atom. The third-order valence-corrected chi connectivity index (χ3v) is 2.62. The zero-order chi connectivity index (χ0) is 9.19. The number of carboxylic acids is 1. The molecule has 0 amide bonds. The van der Waals surface area contributed by atoms with Gasteiger partial charge in [0.25, 0.3) is 0 Å². The molecule has 4 nitrogen and oxygen atoms in total. The molecule has 0 bridgehead atoms. The summed E-state index contributed by atoms with van der Waals surface area (Å²) in [5, 5.41) is 10.4. The lowest BCUT2D eigenvalue weighted by Crippen LogP contribution is -2.59. The van der Waals surface area contributed by atoms with Crippen molar-refractivity contribution in [3.63, 3.8) is 0 Å². The number of nitrogens with two attached hydrogens (primary N) is 2. The lowest BCUT2D eigenvalue weighted by Gasteiger charge is -2.39. The second-order valence-corrected chi connectivity index (χ2v) is 3.63. The molecule has 0 spiro atoms. The average molecular weight is 171 g/mol. The number of hydrogen-bond donors (Lipinski definition) is 2. The number of hydrogen-bond acceptors (Lipinski definition) is 4. The van der Waals surface area contributed by atoms with Crippen LogP contribution < -0.4 is 16.6 Å². The van der Waals surface area contributed by atoms with Crippen LogP contribution in [0.25, 0.3) is 0 Å². The predicted octanol–water partition coefficient (Wildman–Crippen LogP) is -1.27. The minimum absolute atomic E-state index is 0.117. The third-order valence-electron chi connectivity index (χ3n) is 2.62. The van der Waals surface area contributed by atoms with Gasteiger partial charge in [-0.1, -0.05) is 12.8 Å². The molecular formula is C8H15N2O2-. The van der Waals surface area contributed by atoms with Gasteiger partial charge in [0.15, 0.2) is 0 Å². The first kappa shape index (κ1) is 9.48. The summed E-state index contributed by atoms with van der Waals surface area (Å²) >= 11 is 0. The Morgan fingerprint density at radius 1 is 1.58 bits per heavy atom. The van der Waals surface area contributed by atoms with Gasteiger partial charge in [0.2, 0.25) is 0 Å². The quantitative estimate of drug-likeness (QED) is 0.541. The Morgan fingerprint density at radius 2 is 2.25 bits per heavy atom. The van der Waals surface area contributed by atoms with Gasteiger partial charge in [-0.3, -0.25) is 0 Å². The van der Waals surface area contributed by atoms with Gasteiger partial charge in [-0.05, 0) is 12.8 Å². The Labute approximate surface area is 71.9 Å². The standard InChI is InChI=1S/C8H16N2O2/c9-6-3-1-2-4-8(6,10)5-7(11)12/h6H,1-5,9-10H2,(H,11,12)/p-1. The van der Waals surface area contributed by atoms with Gasteiger partial charge in [0, 0.05) is 24.0 Å². The highest BCUT2D eigenvalue weighted by Gasteiger charge is 2.34. The highest BCUT2D eigenvalue weighted by Crippen LogP contribution is 2.27. The van der Waals surface area contributed by atoms with Crippen molar-refractivity contribution in [2.75, 3.05) is 0 Å². The van der Waals surface area contributed by atoms with Crippen LogP contribution >= 0.6 is 0 Å². The fourth-order valence-corrected chi connectivity index (χ4v) is 1.78. The molecule has 0 aliphatic heterocycles. The van der Waals surface area contributed by atoms with Crippen LogP contribution in [0.1, 0.15) is 32.1 Å². The van der Waals surface area contributed by atoms with Crippen molar-refractivity contribution in [2.45, 2.75) is 43.7 Å². The molecular weight excluding hydrogens is 156 g/mol. The van der Waals surface area contributed by atoms with Crippen molar-refractivity contribution in [1.82, 2.24) is 0 Å². The minimum atomic E-state index is -1.10. The molecule has 1 aliphatic carbocycles. The van der Waals surface area contributed by atoms with E-state index in [1.54, 1.807) is 0 Å². The largest absolute Gasteiger partial charge is 0.550 e. The zero-order valence-electron chi connectivity index (χ0n) is 7.08. The maximum Gasteiger partial charge on any atom is 0.0433 e. The summed E-state index contributed by atoms with van der Waals surface area (Å²) in [6, 6.07) is -0.191. The number of rotatable bonds is 2. The average Bonchev–Trinajstić information content (AvgIpc) is 1.94. The second kappa shape index (κ2) is 3.41. The molecule has 1 aliphatic rings. The summed E-state index contributed by atoms with van der Waals surface area (Å²) < 4.78 is 0. The Hall–Kier alpha value is -0.610. The number of carbonyl (C=O) groups excluding carboxylic acids is 1. The maximum absolute atomic E-state index is 10.4. The summed E-state index contributed by atoms with van der Waals surface area (Å²) in [5.41, 5.74) is 10.9. The first-order chi connectivity index (χ1) is 5.54. The van der Waals surface area contributed by atoms with E-state index in [4.69, 9.17) is 11.5 Å².